The average Bonchev–Trinajstić information content (AvgIpc) is 3.48. The summed E-state index contributed by atoms with van der Waals surface area (Å²) in [6, 6.07) is 1.64. The van der Waals surface area contributed by atoms with Gasteiger partial charge in [0.25, 0.3) is 0 Å². The Bertz CT molecular complexity index is 1190. The SMILES string of the molecule is Cn1cc(-c2cnc3c(Nc4cc(C5CCN(C(N)=O)C5)ns4)nccn23)cn1. The molecule has 148 valence electrons. The fourth-order valence-electron chi connectivity index (χ4n) is 3.63. The van der Waals surface area contributed by atoms with E-state index < -0.39 is 0 Å². The van der Waals surface area contributed by atoms with Crippen LogP contribution in [0.15, 0.2) is 37.1 Å². The van der Waals surface area contributed by atoms with Crippen molar-refractivity contribution in [2.45, 2.75) is 12.3 Å². The molecule has 11 heteroatoms. The highest BCUT2D eigenvalue weighted by molar-refractivity contribution is 7.10. The molecule has 1 unspecified atom stereocenters. The molecule has 3 N–H and O–H groups in total. The van der Waals surface area contributed by atoms with Gasteiger partial charge in [0.1, 0.15) is 5.00 Å². The van der Waals surface area contributed by atoms with E-state index in [1.807, 2.05) is 42.3 Å². The standard InChI is InChI=1S/C18H19N9OS/c1-25-9-12(7-22-25)14-8-21-17-16(20-3-5-27(14)17)23-15-6-13(24-29-15)11-2-4-26(10-11)18(19)28/h3,5-9,11H,2,4,10H2,1H3,(H2,19,28)(H,20,23). The minimum Gasteiger partial charge on any atom is -0.351 e. The molecule has 1 fully saturated rings. The van der Waals surface area contributed by atoms with Crippen molar-refractivity contribution in [3.05, 3.63) is 42.7 Å². The third-order valence-electron chi connectivity index (χ3n) is 5.12. The van der Waals surface area contributed by atoms with Crippen LogP contribution in [0.2, 0.25) is 0 Å². The second-order valence-corrected chi connectivity index (χ2v) is 7.83. The zero-order chi connectivity index (χ0) is 20.0. The second kappa shape index (κ2) is 6.85. The lowest BCUT2D eigenvalue weighted by Crippen LogP contribution is -2.33. The number of rotatable bonds is 4. The predicted molar refractivity (Wildman–Crippen MR) is 109 cm³/mol. The Morgan fingerprint density at radius 1 is 1.34 bits per heavy atom. The fraction of sp³-hybridized carbons (Fsp3) is 0.278. The van der Waals surface area contributed by atoms with Crippen molar-refractivity contribution < 1.29 is 4.79 Å². The number of likely N-dealkylation sites (tertiary alicyclic amines) is 1. The number of fused-ring (bicyclic) bond motifs is 1. The number of aromatic nitrogens is 6. The number of nitrogens with zero attached hydrogens (tertiary/aromatic N) is 7. The summed E-state index contributed by atoms with van der Waals surface area (Å²) < 4.78 is 8.30. The highest BCUT2D eigenvalue weighted by Gasteiger charge is 2.27. The van der Waals surface area contributed by atoms with Crippen molar-refractivity contribution in [3.8, 4) is 11.3 Å². The van der Waals surface area contributed by atoms with Gasteiger partial charge in [0, 0.05) is 50.2 Å². The van der Waals surface area contributed by atoms with Gasteiger partial charge in [0.15, 0.2) is 11.5 Å². The zero-order valence-corrected chi connectivity index (χ0v) is 16.5. The van der Waals surface area contributed by atoms with E-state index in [9.17, 15) is 4.79 Å². The van der Waals surface area contributed by atoms with E-state index in [0.717, 1.165) is 34.0 Å². The normalized spacial score (nSPS) is 16.6. The maximum absolute atomic E-state index is 11.4. The number of aryl methyl sites for hydroxylation is 1. The molecular formula is C18H19N9OS. The molecular weight excluding hydrogens is 390 g/mol. The van der Waals surface area contributed by atoms with E-state index in [1.54, 1.807) is 15.8 Å². The third-order valence-corrected chi connectivity index (χ3v) is 5.84. The lowest BCUT2D eigenvalue weighted by atomic mass is 10.1. The van der Waals surface area contributed by atoms with Crippen LogP contribution in [0.3, 0.4) is 0 Å². The molecule has 0 aromatic carbocycles. The Morgan fingerprint density at radius 2 is 2.24 bits per heavy atom. The molecule has 4 aromatic heterocycles. The van der Waals surface area contributed by atoms with E-state index >= 15 is 0 Å². The summed E-state index contributed by atoms with van der Waals surface area (Å²) in [6.45, 7) is 1.29. The van der Waals surface area contributed by atoms with Crippen LogP contribution >= 0.6 is 11.5 Å². The van der Waals surface area contributed by atoms with Crippen LogP contribution < -0.4 is 11.1 Å². The van der Waals surface area contributed by atoms with Crippen molar-refractivity contribution in [3.63, 3.8) is 0 Å². The first kappa shape index (κ1) is 17.6. The Morgan fingerprint density at radius 3 is 3.00 bits per heavy atom. The van der Waals surface area contributed by atoms with Crippen LogP contribution in [0.1, 0.15) is 18.0 Å². The quantitative estimate of drug-likeness (QED) is 0.533. The molecule has 0 bridgehead atoms. The van der Waals surface area contributed by atoms with Crippen LogP contribution in [0, 0.1) is 0 Å². The molecule has 4 aromatic rings. The number of hydrogen-bond acceptors (Lipinski definition) is 7. The molecule has 29 heavy (non-hydrogen) atoms. The van der Waals surface area contributed by atoms with Crippen LogP contribution in [-0.4, -0.2) is 52.5 Å². The summed E-state index contributed by atoms with van der Waals surface area (Å²) in [5.74, 6) is 0.865. The van der Waals surface area contributed by atoms with Crippen LogP contribution in [-0.2, 0) is 7.05 Å². The second-order valence-electron chi connectivity index (χ2n) is 7.03. The van der Waals surface area contributed by atoms with Gasteiger partial charge in [-0.25, -0.2) is 14.8 Å². The largest absolute Gasteiger partial charge is 0.351 e. The number of urea groups is 1. The van der Waals surface area contributed by atoms with Crippen molar-refractivity contribution in [1.29, 1.82) is 0 Å². The van der Waals surface area contributed by atoms with Crippen molar-refractivity contribution in [2.75, 3.05) is 18.4 Å². The Hall–Kier alpha value is -3.47. The molecule has 1 aliphatic heterocycles. The Labute approximate surface area is 170 Å². The number of amides is 2. The summed E-state index contributed by atoms with van der Waals surface area (Å²) in [7, 11) is 1.88. The first-order valence-electron chi connectivity index (χ1n) is 9.17. The number of imidazole rings is 1. The van der Waals surface area contributed by atoms with Crippen LogP contribution in [0.5, 0.6) is 0 Å². The van der Waals surface area contributed by atoms with Crippen molar-refractivity contribution >= 4 is 34.0 Å². The number of anilines is 2. The van der Waals surface area contributed by atoms with Gasteiger partial charge in [-0.1, -0.05) is 0 Å². The molecule has 1 saturated heterocycles. The molecule has 5 rings (SSSR count). The first-order valence-corrected chi connectivity index (χ1v) is 9.95. The average molecular weight is 409 g/mol. The molecule has 10 nitrogen and oxygen atoms in total. The Kier molecular flexibility index (Phi) is 4.16. The van der Waals surface area contributed by atoms with Crippen LogP contribution in [0.25, 0.3) is 16.9 Å². The van der Waals surface area contributed by atoms with Gasteiger partial charge in [-0.05, 0) is 24.0 Å². The molecule has 0 aliphatic carbocycles. The van der Waals surface area contributed by atoms with Gasteiger partial charge in [0.2, 0.25) is 0 Å². The summed E-state index contributed by atoms with van der Waals surface area (Å²) in [6.07, 6.45) is 10.1. The minimum atomic E-state index is -0.374. The minimum absolute atomic E-state index is 0.210. The summed E-state index contributed by atoms with van der Waals surface area (Å²) in [5.41, 5.74) is 9.00. The first-order chi connectivity index (χ1) is 14.1. The third kappa shape index (κ3) is 3.18. The smallest absolute Gasteiger partial charge is 0.314 e. The van der Waals surface area contributed by atoms with E-state index in [0.29, 0.717) is 18.9 Å². The molecule has 0 radical (unpaired) electrons. The number of carbonyl (C=O) groups is 1. The highest BCUT2D eigenvalue weighted by atomic mass is 32.1. The van der Waals surface area contributed by atoms with E-state index in [2.05, 4.69) is 24.8 Å². The molecule has 5 heterocycles. The zero-order valence-electron chi connectivity index (χ0n) is 15.7. The van der Waals surface area contributed by atoms with Gasteiger partial charge in [-0.3, -0.25) is 9.08 Å². The van der Waals surface area contributed by atoms with Crippen molar-refractivity contribution in [1.82, 2.24) is 33.4 Å². The lowest BCUT2D eigenvalue weighted by Gasteiger charge is -2.11. The number of nitrogens with two attached hydrogens (primary N) is 1. The molecule has 1 aliphatic rings. The highest BCUT2D eigenvalue weighted by Crippen LogP contribution is 2.32. The van der Waals surface area contributed by atoms with Gasteiger partial charge in [-0.15, -0.1) is 0 Å². The summed E-state index contributed by atoms with van der Waals surface area (Å²) >= 11 is 1.37. The number of hydrogen-bond donors (Lipinski definition) is 2. The molecule has 1 atom stereocenters. The number of nitrogens with one attached hydrogen (secondary N) is 1. The Balaban J connectivity index is 1.40. The maximum Gasteiger partial charge on any atom is 0.314 e. The van der Waals surface area contributed by atoms with Gasteiger partial charge >= 0.3 is 6.03 Å². The predicted octanol–water partition coefficient (Wildman–Crippen LogP) is 2.20. The molecule has 0 spiro atoms. The number of carbonyl (C=O) groups excluding carboxylic acids is 1. The summed E-state index contributed by atoms with van der Waals surface area (Å²) in [5, 5.41) is 8.44. The molecule has 2 amide bonds. The van der Waals surface area contributed by atoms with E-state index in [4.69, 9.17) is 5.73 Å². The lowest BCUT2D eigenvalue weighted by molar-refractivity contribution is 0.218. The van der Waals surface area contributed by atoms with Gasteiger partial charge in [0.05, 0.1) is 23.8 Å². The van der Waals surface area contributed by atoms with E-state index in [1.165, 1.54) is 11.5 Å². The van der Waals surface area contributed by atoms with E-state index in [-0.39, 0.29) is 11.9 Å². The molecule has 0 saturated carbocycles. The topological polar surface area (TPSA) is 119 Å². The van der Waals surface area contributed by atoms with Crippen LogP contribution in [0.4, 0.5) is 15.6 Å². The van der Waals surface area contributed by atoms with Crippen molar-refractivity contribution in [2.24, 2.45) is 12.8 Å². The summed E-state index contributed by atoms with van der Waals surface area (Å²) in [4.78, 5) is 22.0. The van der Waals surface area contributed by atoms with Gasteiger partial charge < -0.3 is 16.0 Å². The maximum atomic E-state index is 11.4. The van der Waals surface area contributed by atoms with Gasteiger partial charge in [-0.2, -0.15) is 9.47 Å². The fourth-order valence-corrected chi connectivity index (χ4v) is 4.35. The number of primary amides is 1. The monoisotopic (exact) mass is 409 g/mol.